The zero-order chi connectivity index (χ0) is 21.8. The molecular formula is C24H29N4O2+. The number of hydrogen-bond donors (Lipinski definition) is 2. The molecule has 1 unspecified atom stereocenters. The number of aryl methyl sites for hydroxylation is 1. The van der Waals surface area contributed by atoms with Crippen LogP contribution in [0.15, 0.2) is 54.6 Å². The Morgan fingerprint density at radius 3 is 2.47 bits per heavy atom. The lowest BCUT2D eigenvalue weighted by Crippen LogP contribution is -3.12. The van der Waals surface area contributed by atoms with Gasteiger partial charge in [0.25, 0.3) is 5.91 Å². The smallest absolute Gasteiger partial charge is 0.282 e. The van der Waals surface area contributed by atoms with Crippen molar-refractivity contribution in [3.8, 4) is 5.69 Å². The maximum Gasteiger partial charge on any atom is 0.282 e. The maximum absolute atomic E-state index is 12.8. The van der Waals surface area contributed by atoms with Crippen LogP contribution in [-0.4, -0.2) is 34.6 Å². The molecule has 0 spiro atoms. The average Bonchev–Trinajstić information content (AvgIpc) is 3.02. The van der Waals surface area contributed by atoms with Crippen molar-refractivity contribution in [2.24, 2.45) is 0 Å². The number of para-hydroxylation sites is 1. The monoisotopic (exact) mass is 405 g/mol. The standard InChI is InChI=1S/C24H28N4O2/c1-16-23(17(2)28(26-16)22-12-7-6-8-13-22)15-27(5)18(3)24(30)25-21-11-9-10-20(14-21)19(4)29/h6-14,18H,15H2,1-5H3,(H,25,30)/p+1/t18-/m0/s1. The highest BCUT2D eigenvalue weighted by atomic mass is 16.2. The second kappa shape index (κ2) is 9.05. The lowest BCUT2D eigenvalue weighted by Gasteiger charge is -2.21. The van der Waals surface area contributed by atoms with E-state index in [0.29, 0.717) is 17.8 Å². The van der Waals surface area contributed by atoms with Crippen LogP contribution in [0.1, 0.15) is 41.2 Å². The van der Waals surface area contributed by atoms with Gasteiger partial charge in [0.2, 0.25) is 0 Å². The first-order valence-electron chi connectivity index (χ1n) is 10.1. The summed E-state index contributed by atoms with van der Waals surface area (Å²) in [7, 11) is 2.01. The van der Waals surface area contributed by atoms with Crippen molar-refractivity contribution in [2.45, 2.75) is 40.3 Å². The summed E-state index contributed by atoms with van der Waals surface area (Å²) in [6.45, 7) is 8.18. The molecule has 1 aromatic heterocycles. The minimum atomic E-state index is -0.273. The number of anilines is 1. The van der Waals surface area contributed by atoms with E-state index in [1.54, 1.807) is 24.3 Å². The van der Waals surface area contributed by atoms with Crippen LogP contribution in [0.4, 0.5) is 5.69 Å². The summed E-state index contributed by atoms with van der Waals surface area (Å²) in [5, 5.41) is 7.63. The molecule has 3 rings (SSSR count). The van der Waals surface area contributed by atoms with Gasteiger partial charge in [-0.05, 0) is 52.0 Å². The van der Waals surface area contributed by atoms with Crippen LogP contribution in [0.3, 0.4) is 0 Å². The fourth-order valence-electron chi connectivity index (χ4n) is 3.47. The number of nitrogens with zero attached hydrogens (tertiary/aromatic N) is 2. The molecule has 0 saturated heterocycles. The first-order valence-corrected chi connectivity index (χ1v) is 10.1. The van der Waals surface area contributed by atoms with Crippen molar-refractivity contribution in [3.05, 3.63) is 77.1 Å². The molecule has 3 aromatic rings. The highest BCUT2D eigenvalue weighted by Crippen LogP contribution is 2.17. The number of nitrogens with one attached hydrogen (secondary N) is 2. The lowest BCUT2D eigenvalue weighted by atomic mass is 10.1. The van der Waals surface area contributed by atoms with Gasteiger partial charge in [0.1, 0.15) is 6.54 Å². The van der Waals surface area contributed by atoms with Gasteiger partial charge in [0.15, 0.2) is 11.8 Å². The highest BCUT2D eigenvalue weighted by molar-refractivity contribution is 5.97. The predicted octanol–water partition coefficient (Wildman–Crippen LogP) is 2.73. The Balaban J connectivity index is 1.72. The maximum atomic E-state index is 12.8. The first kappa shape index (κ1) is 21.5. The molecule has 1 heterocycles. The van der Waals surface area contributed by atoms with Crippen LogP contribution >= 0.6 is 0 Å². The Morgan fingerprint density at radius 2 is 1.80 bits per heavy atom. The van der Waals surface area contributed by atoms with E-state index in [9.17, 15) is 9.59 Å². The zero-order valence-electron chi connectivity index (χ0n) is 18.2. The molecule has 0 radical (unpaired) electrons. The number of quaternary nitrogens is 1. The normalized spacial score (nSPS) is 13.0. The molecule has 2 atom stereocenters. The van der Waals surface area contributed by atoms with Crippen molar-refractivity contribution in [1.29, 1.82) is 0 Å². The van der Waals surface area contributed by atoms with E-state index in [1.165, 1.54) is 6.92 Å². The number of benzene rings is 2. The van der Waals surface area contributed by atoms with Crippen LogP contribution in [0.25, 0.3) is 5.69 Å². The van der Waals surface area contributed by atoms with Gasteiger partial charge >= 0.3 is 0 Å². The van der Waals surface area contributed by atoms with Crippen LogP contribution in [0, 0.1) is 13.8 Å². The molecular weight excluding hydrogens is 376 g/mol. The Morgan fingerprint density at radius 1 is 1.10 bits per heavy atom. The first-order chi connectivity index (χ1) is 14.3. The summed E-state index contributed by atoms with van der Waals surface area (Å²) >= 11 is 0. The topological polar surface area (TPSA) is 68.4 Å². The zero-order valence-corrected chi connectivity index (χ0v) is 18.2. The van der Waals surface area contributed by atoms with Gasteiger partial charge in [-0.3, -0.25) is 9.59 Å². The molecule has 0 aliphatic carbocycles. The van der Waals surface area contributed by atoms with Crippen LogP contribution < -0.4 is 10.2 Å². The third-order valence-corrected chi connectivity index (χ3v) is 5.57. The molecule has 2 N–H and O–H groups in total. The lowest BCUT2D eigenvalue weighted by molar-refractivity contribution is -0.907. The molecule has 0 aliphatic heterocycles. The Labute approximate surface area is 177 Å². The number of amides is 1. The van der Waals surface area contributed by atoms with Crippen molar-refractivity contribution in [3.63, 3.8) is 0 Å². The quantitative estimate of drug-likeness (QED) is 0.594. The number of likely N-dealkylation sites (N-methyl/N-ethyl adjacent to an activating group) is 1. The fourth-order valence-corrected chi connectivity index (χ4v) is 3.47. The summed E-state index contributed by atoms with van der Waals surface area (Å²) in [6, 6.07) is 16.8. The fraction of sp³-hybridized carbons (Fsp3) is 0.292. The Kier molecular flexibility index (Phi) is 6.47. The molecule has 2 aromatic carbocycles. The van der Waals surface area contributed by atoms with Gasteiger partial charge in [-0.15, -0.1) is 0 Å². The molecule has 0 fully saturated rings. The van der Waals surface area contributed by atoms with Gasteiger partial charge in [-0.1, -0.05) is 30.3 Å². The summed E-state index contributed by atoms with van der Waals surface area (Å²) in [4.78, 5) is 25.4. The van der Waals surface area contributed by atoms with Crippen molar-refractivity contribution >= 4 is 17.4 Å². The summed E-state index contributed by atoms with van der Waals surface area (Å²) in [6.07, 6.45) is 0. The van der Waals surface area contributed by atoms with Crippen molar-refractivity contribution in [1.82, 2.24) is 9.78 Å². The largest absolute Gasteiger partial charge is 0.324 e. The number of carbonyl (C=O) groups excluding carboxylic acids is 2. The molecule has 156 valence electrons. The van der Waals surface area contributed by atoms with E-state index in [-0.39, 0.29) is 17.7 Å². The number of aromatic nitrogens is 2. The van der Waals surface area contributed by atoms with Crippen LogP contribution in [0.2, 0.25) is 0 Å². The van der Waals surface area contributed by atoms with Gasteiger partial charge in [0.05, 0.1) is 29.7 Å². The van der Waals surface area contributed by atoms with Crippen molar-refractivity contribution in [2.75, 3.05) is 12.4 Å². The summed E-state index contributed by atoms with van der Waals surface area (Å²) in [5.74, 6) is -0.109. The molecule has 0 saturated carbocycles. The molecule has 6 heteroatoms. The number of hydrogen-bond acceptors (Lipinski definition) is 3. The van der Waals surface area contributed by atoms with Gasteiger partial charge in [-0.25, -0.2) is 4.68 Å². The number of carbonyl (C=O) groups is 2. The van der Waals surface area contributed by atoms with Gasteiger partial charge < -0.3 is 10.2 Å². The van der Waals surface area contributed by atoms with Gasteiger partial charge in [-0.2, -0.15) is 5.10 Å². The van der Waals surface area contributed by atoms with E-state index in [1.807, 2.05) is 55.9 Å². The number of ketones is 1. The van der Waals surface area contributed by atoms with E-state index >= 15 is 0 Å². The Bertz CT molecular complexity index is 1060. The molecule has 30 heavy (non-hydrogen) atoms. The molecule has 6 nitrogen and oxygen atoms in total. The van der Waals surface area contributed by atoms with E-state index in [2.05, 4.69) is 12.2 Å². The number of Topliss-reactive ketones (excluding diaryl/α,β-unsaturated/α-hetero) is 1. The summed E-state index contributed by atoms with van der Waals surface area (Å²) < 4.78 is 1.95. The number of rotatable bonds is 7. The molecule has 1 amide bonds. The molecule has 0 bridgehead atoms. The second-order valence-electron chi connectivity index (χ2n) is 7.77. The van der Waals surface area contributed by atoms with Crippen LogP contribution in [-0.2, 0) is 11.3 Å². The SMILES string of the molecule is CC(=O)c1cccc(NC(=O)[C@H](C)[NH+](C)Cc2c(C)nn(-c3ccccc3)c2C)c1. The van der Waals surface area contributed by atoms with E-state index in [0.717, 1.165) is 27.5 Å². The minimum absolute atomic E-state index is 0.0248. The average molecular weight is 406 g/mol. The van der Waals surface area contributed by atoms with E-state index < -0.39 is 0 Å². The third-order valence-electron chi connectivity index (χ3n) is 5.57. The van der Waals surface area contributed by atoms with Crippen molar-refractivity contribution < 1.29 is 14.5 Å². The van der Waals surface area contributed by atoms with Crippen LogP contribution in [0.5, 0.6) is 0 Å². The highest BCUT2D eigenvalue weighted by Gasteiger charge is 2.25. The minimum Gasteiger partial charge on any atom is -0.324 e. The predicted molar refractivity (Wildman–Crippen MR) is 118 cm³/mol. The third kappa shape index (κ3) is 4.66. The summed E-state index contributed by atoms with van der Waals surface area (Å²) in [5.41, 5.74) is 5.45. The second-order valence-corrected chi connectivity index (χ2v) is 7.77. The van der Waals surface area contributed by atoms with Gasteiger partial charge in [0, 0.05) is 11.3 Å². The molecule has 0 aliphatic rings. The Hall–Kier alpha value is -3.25. The van der Waals surface area contributed by atoms with E-state index in [4.69, 9.17) is 5.10 Å².